The van der Waals surface area contributed by atoms with E-state index in [-0.39, 0.29) is 5.54 Å². The second kappa shape index (κ2) is 2.52. The van der Waals surface area contributed by atoms with E-state index in [2.05, 4.69) is 15.3 Å². The Balaban J connectivity index is 2.40. The summed E-state index contributed by atoms with van der Waals surface area (Å²) in [5, 5.41) is 3.31. The fourth-order valence-corrected chi connectivity index (χ4v) is 1.61. The third kappa shape index (κ3) is 1.01. The SMILES string of the molecule is CNC1(c2nccnc2C)CC1. The zero-order chi connectivity index (χ0) is 8.60. The number of hydrogen-bond acceptors (Lipinski definition) is 3. The first-order valence-electron chi connectivity index (χ1n) is 4.25. The zero-order valence-electron chi connectivity index (χ0n) is 7.46. The molecule has 1 aromatic rings. The number of aryl methyl sites for hydroxylation is 1. The summed E-state index contributed by atoms with van der Waals surface area (Å²) in [5.41, 5.74) is 2.31. The van der Waals surface area contributed by atoms with Crippen LogP contribution in [0.5, 0.6) is 0 Å². The lowest BCUT2D eigenvalue weighted by Gasteiger charge is -2.14. The minimum absolute atomic E-state index is 0.151. The molecule has 64 valence electrons. The maximum atomic E-state index is 4.36. The van der Waals surface area contributed by atoms with E-state index in [9.17, 15) is 0 Å². The second-order valence-electron chi connectivity index (χ2n) is 3.32. The van der Waals surface area contributed by atoms with Crippen molar-refractivity contribution >= 4 is 0 Å². The van der Waals surface area contributed by atoms with Gasteiger partial charge >= 0.3 is 0 Å². The van der Waals surface area contributed by atoms with Crippen LogP contribution in [0, 0.1) is 6.92 Å². The van der Waals surface area contributed by atoms with Gasteiger partial charge < -0.3 is 5.32 Å². The molecule has 3 heteroatoms. The fraction of sp³-hybridized carbons (Fsp3) is 0.556. The van der Waals surface area contributed by atoms with Gasteiger partial charge in [0.1, 0.15) is 0 Å². The van der Waals surface area contributed by atoms with Crippen molar-refractivity contribution < 1.29 is 0 Å². The van der Waals surface area contributed by atoms with Crippen LogP contribution < -0.4 is 5.32 Å². The first-order chi connectivity index (χ1) is 5.78. The van der Waals surface area contributed by atoms with Crippen LogP contribution in [0.3, 0.4) is 0 Å². The Morgan fingerprint density at radius 2 is 2.00 bits per heavy atom. The summed E-state index contributed by atoms with van der Waals surface area (Å²) in [6.07, 6.45) is 5.87. The van der Waals surface area contributed by atoms with Crippen LogP contribution in [-0.4, -0.2) is 17.0 Å². The van der Waals surface area contributed by atoms with Gasteiger partial charge in [0.15, 0.2) is 0 Å². The van der Waals surface area contributed by atoms with Crippen LogP contribution in [-0.2, 0) is 5.54 Å². The standard InChI is InChI=1S/C9H13N3/c1-7-8(12-6-5-11-7)9(10-2)3-4-9/h5-6,10H,3-4H2,1-2H3. The lowest BCUT2D eigenvalue weighted by Crippen LogP contribution is -2.26. The van der Waals surface area contributed by atoms with Crippen LogP contribution >= 0.6 is 0 Å². The molecule has 0 bridgehead atoms. The Hall–Kier alpha value is -0.960. The topological polar surface area (TPSA) is 37.8 Å². The molecular formula is C9H13N3. The van der Waals surface area contributed by atoms with Crippen molar-refractivity contribution in [1.82, 2.24) is 15.3 Å². The van der Waals surface area contributed by atoms with Crippen LogP contribution in [0.25, 0.3) is 0 Å². The van der Waals surface area contributed by atoms with E-state index >= 15 is 0 Å². The summed E-state index contributed by atoms with van der Waals surface area (Å²) in [6.45, 7) is 2.01. The Morgan fingerprint density at radius 3 is 2.50 bits per heavy atom. The Labute approximate surface area is 72.2 Å². The van der Waals surface area contributed by atoms with Gasteiger partial charge in [-0.05, 0) is 26.8 Å². The van der Waals surface area contributed by atoms with Gasteiger partial charge in [0, 0.05) is 12.4 Å². The van der Waals surface area contributed by atoms with E-state index in [0.29, 0.717) is 0 Å². The van der Waals surface area contributed by atoms with E-state index in [0.717, 1.165) is 11.4 Å². The first kappa shape index (κ1) is 7.68. The maximum Gasteiger partial charge on any atom is 0.0816 e. The largest absolute Gasteiger partial charge is 0.309 e. The third-order valence-corrected chi connectivity index (χ3v) is 2.56. The van der Waals surface area contributed by atoms with Gasteiger partial charge in [-0.25, -0.2) is 0 Å². The van der Waals surface area contributed by atoms with Gasteiger partial charge in [0.05, 0.1) is 16.9 Å². The number of nitrogens with one attached hydrogen (secondary N) is 1. The zero-order valence-corrected chi connectivity index (χ0v) is 7.46. The fourth-order valence-electron chi connectivity index (χ4n) is 1.61. The predicted molar refractivity (Wildman–Crippen MR) is 46.7 cm³/mol. The van der Waals surface area contributed by atoms with Crippen LogP contribution in [0.2, 0.25) is 0 Å². The summed E-state index contributed by atoms with van der Waals surface area (Å²) in [7, 11) is 1.99. The van der Waals surface area contributed by atoms with Gasteiger partial charge in [-0.2, -0.15) is 0 Å². The van der Waals surface area contributed by atoms with Crippen molar-refractivity contribution in [2.24, 2.45) is 0 Å². The molecule has 0 aromatic carbocycles. The highest BCUT2D eigenvalue weighted by Gasteiger charge is 2.45. The molecule has 3 nitrogen and oxygen atoms in total. The molecule has 0 unspecified atom stereocenters. The molecule has 1 aromatic heterocycles. The maximum absolute atomic E-state index is 4.36. The third-order valence-electron chi connectivity index (χ3n) is 2.56. The molecular weight excluding hydrogens is 150 g/mol. The summed E-state index contributed by atoms with van der Waals surface area (Å²) >= 11 is 0. The highest BCUT2D eigenvalue weighted by atomic mass is 15.0. The van der Waals surface area contributed by atoms with E-state index in [1.807, 2.05) is 14.0 Å². The Morgan fingerprint density at radius 1 is 1.33 bits per heavy atom. The van der Waals surface area contributed by atoms with Crippen LogP contribution in [0.15, 0.2) is 12.4 Å². The molecule has 0 saturated heterocycles. The average molecular weight is 163 g/mol. The summed E-state index contributed by atoms with van der Waals surface area (Å²) in [6, 6.07) is 0. The van der Waals surface area contributed by atoms with Gasteiger partial charge in [-0.15, -0.1) is 0 Å². The molecule has 1 aliphatic rings. The molecule has 1 aliphatic carbocycles. The van der Waals surface area contributed by atoms with Crippen LogP contribution in [0.4, 0.5) is 0 Å². The van der Waals surface area contributed by atoms with Gasteiger partial charge in [-0.3, -0.25) is 9.97 Å². The molecule has 0 radical (unpaired) electrons. The van der Waals surface area contributed by atoms with Gasteiger partial charge in [-0.1, -0.05) is 0 Å². The van der Waals surface area contributed by atoms with E-state index < -0.39 is 0 Å². The first-order valence-corrected chi connectivity index (χ1v) is 4.25. The quantitative estimate of drug-likeness (QED) is 0.706. The molecule has 12 heavy (non-hydrogen) atoms. The van der Waals surface area contributed by atoms with Crippen molar-refractivity contribution in [2.45, 2.75) is 25.3 Å². The van der Waals surface area contributed by atoms with Crippen LogP contribution in [0.1, 0.15) is 24.2 Å². The number of aromatic nitrogens is 2. The van der Waals surface area contributed by atoms with Crippen molar-refractivity contribution in [3.63, 3.8) is 0 Å². The minimum Gasteiger partial charge on any atom is -0.309 e. The second-order valence-corrected chi connectivity index (χ2v) is 3.32. The van der Waals surface area contributed by atoms with Gasteiger partial charge in [0.2, 0.25) is 0 Å². The van der Waals surface area contributed by atoms with Crippen molar-refractivity contribution in [3.05, 3.63) is 23.8 Å². The number of hydrogen-bond donors (Lipinski definition) is 1. The molecule has 0 spiro atoms. The van der Waals surface area contributed by atoms with E-state index in [1.165, 1.54) is 12.8 Å². The minimum atomic E-state index is 0.151. The highest BCUT2D eigenvalue weighted by molar-refractivity contribution is 5.26. The summed E-state index contributed by atoms with van der Waals surface area (Å²) < 4.78 is 0. The molecule has 1 saturated carbocycles. The monoisotopic (exact) mass is 163 g/mol. The number of nitrogens with zero attached hydrogens (tertiary/aromatic N) is 2. The van der Waals surface area contributed by atoms with Crippen molar-refractivity contribution in [3.8, 4) is 0 Å². The van der Waals surface area contributed by atoms with E-state index in [4.69, 9.17) is 0 Å². The number of rotatable bonds is 2. The lowest BCUT2D eigenvalue weighted by atomic mass is 10.1. The lowest BCUT2D eigenvalue weighted by molar-refractivity contribution is 0.559. The molecule has 2 rings (SSSR count). The predicted octanol–water partition coefficient (Wildman–Crippen LogP) is 0.994. The van der Waals surface area contributed by atoms with Gasteiger partial charge in [0.25, 0.3) is 0 Å². The molecule has 0 aliphatic heterocycles. The molecule has 1 heterocycles. The Kier molecular flexibility index (Phi) is 1.61. The molecule has 0 atom stereocenters. The van der Waals surface area contributed by atoms with Crippen molar-refractivity contribution in [2.75, 3.05) is 7.05 Å². The van der Waals surface area contributed by atoms with E-state index in [1.54, 1.807) is 12.4 Å². The summed E-state index contributed by atoms with van der Waals surface area (Å²) in [5.74, 6) is 0. The summed E-state index contributed by atoms with van der Waals surface area (Å²) in [4.78, 5) is 8.59. The Bertz CT molecular complexity index is 292. The molecule has 1 N–H and O–H groups in total. The average Bonchev–Trinajstić information content (AvgIpc) is 2.86. The normalized spacial score (nSPS) is 19.2. The molecule has 1 fully saturated rings. The molecule has 0 amide bonds. The smallest absolute Gasteiger partial charge is 0.0816 e. The highest BCUT2D eigenvalue weighted by Crippen LogP contribution is 2.44. The van der Waals surface area contributed by atoms with Crippen molar-refractivity contribution in [1.29, 1.82) is 0 Å².